The van der Waals surface area contributed by atoms with E-state index in [0.29, 0.717) is 47.0 Å². The lowest BCUT2D eigenvalue weighted by atomic mass is 9.90. The summed E-state index contributed by atoms with van der Waals surface area (Å²) in [4.78, 5) is 27.5. The Hall–Kier alpha value is -3.81. The van der Waals surface area contributed by atoms with E-state index in [1.807, 2.05) is 43.3 Å². The van der Waals surface area contributed by atoms with E-state index in [1.165, 1.54) is 32.1 Å². The van der Waals surface area contributed by atoms with Crippen LogP contribution >= 0.6 is 0 Å². The van der Waals surface area contributed by atoms with Crippen LogP contribution in [0.5, 0.6) is 5.75 Å². The third kappa shape index (κ3) is 4.55. The van der Waals surface area contributed by atoms with Gasteiger partial charge in [0.15, 0.2) is 23.0 Å². The molecule has 0 atom stereocenters. The van der Waals surface area contributed by atoms with Gasteiger partial charge in [-0.15, -0.1) is 0 Å². The van der Waals surface area contributed by atoms with Gasteiger partial charge in [0.25, 0.3) is 5.91 Å². The van der Waals surface area contributed by atoms with Gasteiger partial charge in [-0.3, -0.25) is 4.79 Å². The van der Waals surface area contributed by atoms with Crippen LogP contribution in [0.3, 0.4) is 0 Å². The number of aromatic nitrogens is 5. The summed E-state index contributed by atoms with van der Waals surface area (Å²) in [5.41, 5.74) is 2.84. The molecule has 1 N–H and O–H groups in total. The van der Waals surface area contributed by atoms with Gasteiger partial charge >= 0.3 is 0 Å². The van der Waals surface area contributed by atoms with Crippen molar-refractivity contribution < 1.29 is 9.53 Å². The molecule has 2 aliphatic carbocycles. The Kier molecular flexibility index (Phi) is 6.09. The zero-order valence-corrected chi connectivity index (χ0v) is 20.5. The number of pyridine rings is 3. The Labute approximate surface area is 210 Å². The van der Waals surface area contributed by atoms with Crippen molar-refractivity contribution in [3.05, 3.63) is 65.7 Å². The first-order chi connectivity index (χ1) is 17.7. The zero-order chi connectivity index (χ0) is 24.5. The number of rotatable bonds is 7. The monoisotopic (exact) mass is 482 g/mol. The summed E-state index contributed by atoms with van der Waals surface area (Å²) in [6, 6.07) is 11.3. The normalized spacial score (nSPS) is 16.2. The average Bonchev–Trinajstić information content (AvgIpc) is 3.72. The van der Waals surface area contributed by atoms with Crippen LogP contribution in [0.1, 0.15) is 72.6 Å². The molecule has 1 amide bonds. The molecule has 6 rings (SSSR count). The van der Waals surface area contributed by atoms with Crippen molar-refractivity contribution >= 4 is 22.8 Å². The Morgan fingerprint density at radius 1 is 1.06 bits per heavy atom. The van der Waals surface area contributed by atoms with E-state index in [2.05, 4.69) is 15.3 Å². The largest absolute Gasteiger partial charge is 0.489 e. The fraction of sp³-hybridized carbons (Fsp3) is 0.393. The maximum Gasteiger partial charge on any atom is 0.257 e. The van der Waals surface area contributed by atoms with Crippen molar-refractivity contribution in [2.45, 2.75) is 57.8 Å². The predicted octanol–water partition coefficient (Wildman–Crippen LogP) is 5.61. The number of aryl methyl sites for hydroxylation is 1. The first-order valence-electron chi connectivity index (χ1n) is 12.9. The molecular formula is C28H30N6O2. The van der Waals surface area contributed by atoms with E-state index in [-0.39, 0.29) is 5.91 Å². The first kappa shape index (κ1) is 22.6. The number of amides is 1. The standard InChI is InChI=1S/C28H30N6O2/c1-18-25-21(16-22(20-12-13-20)31-27(25)34(33-18)24-11-5-6-14-29-24)28(35)32-26-23(10-7-15-30-26)36-17-19-8-3-2-4-9-19/h5-7,10-11,14-16,19-20H,2-4,8-9,12-13,17H2,1H3,(H,30,32,35). The van der Waals surface area contributed by atoms with Crippen LogP contribution < -0.4 is 10.1 Å². The van der Waals surface area contributed by atoms with Gasteiger partial charge in [-0.05, 0) is 68.9 Å². The average molecular weight is 483 g/mol. The van der Waals surface area contributed by atoms with Crippen LogP contribution in [0.4, 0.5) is 5.82 Å². The minimum Gasteiger partial charge on any atom is -0.489 e. The molecular weight excluding hydrogens is 452 g/mol. The second-order valence-electron chi connectivity index (χ2n) is 9.87. The molecule has 0 spiro atoms. The van der Waals surface area contributed by atoms with E-state index >= 15 is 0 Å². The minimum atomic E-state index is -0.241. The van der Waals surface area contributed by atoms with Crippen LogP contribution in [-0.2, 0) is 0 Å². The summed E-state index contributed by atoms with van der Waals surface area (Å²) in [5, 5.41) is 8.44. The first-order valence-corrected chi connectivity index (χ1v) is 12.9. The molecule has 0 saturated heterocycles. The van der Waals surface area contributed by atoms with Crippen LogP contribution in [0, 0.1) is 12.8 Å². The van der Waals surface area contributed by atoms with Gasteiger partial charge in [0, 0.05) is 24.0 Å². The molecule has 8 heteroatoms. The van der Waals surface area contributed by atoms with Gasteiger partial charge in [-0.25, -0.2) is 15.0 Å². The van der Waals surface area contributed by atoms with E-state index < -0.39 is 0 Å². The summed E-state index contributed by atoms with van der Waals surface area (Å²) < 4.78 is 7.87. The highest BCUT2D eigenvalue weighted by atomic mass is 16.5. The Bertz CT molecular complexity index is 1390. The number of carbonyl (C=O) groups is 1. The lowest BCUT2D eigenvalue weighted by molar-refractivity contribution is 0.102. The SMILES string of the molecule is Cc1nn(-c2ccccn2)c2nc(C3CC3)cc(C(=O)Nc3ncccc3OCC3CCCCC3)c12. The van der Waals surface area contributed by atoms with Gasteiger partial charge < -0.3 is 10.1 Å². The van der Waals surface area contributed by atoms with Crippen LogP contribution in [0.15, 0.2) is 48.8 Å². The third-order valence-corrected chi connectivity index (χ3v) is 7.14. The smallest absolute Gasteiger partial charge is 0.257 e. The Morgan fingerprint density at radius 2 is 1.89 bits per heavy atom. The molecule has 0 bridgehead atoms. The Balaban J connectivity index is 1.33. The van der Waals surface area contributed by atoms with Gasteiger partial charge in [0.05, 0.1) is 23.3 Å². The van der Waals surface area contributed by atoms with Crippen molar-refractivity contribution in [2.75, 3.05) is 11.9 Å². The second kappa shape index (κ2) is 9.68. The van der Waals surface area contributed by atoms with E-state index in [1.54, 1.807) is 17.1 Å². The van der Waals surface area contributed by atoms with Gasteiger partial charge in [-0.2, -0.15) is 9.78 Å². The number of hydrogen-bond acceptors (Lipinski definition) is 6. The maximum absolute atomic E-state index is 13.7. The molecule has 4 aromatic heterocycles. The summed E-state index contributed by atoms with van der Waals surface area (Å²) in [5.74, 6) is 2.40. The molecule has 0 unspecified atom stereocenters. The highest BCUT2D eigenvalue weighted by Crippen LogP contribution is 2.41. The molecule has 184 valence electrons. The summed E-state index contributed by atoms with van der Waals surface area (Å²) >= 11 is 0. The molecule has 0 aromatic carbocycles. The number of nitrogens with one attached hydrogen (secondary N) is 1. The van der Waals surface area contributed by atoms with E-state index in [9.17, 15) is 4.79 Å². The maximum atomic E-state index is 13.7. The van der Waals surface area contributed by atoms with Crippen LogP contribution in [0.2, 0.25) is 0 Å². The highest BCUT2D eigenvalue weighted by molar-refractivity contribution is 6.13. The molecule has 4 aromatic rings. The van der Waals surface area contributed by atoms with Crippen molar-refractivity contribution in [1.29, 1.82) is 0 Å². The third-order valence-electron chi connectivity index (χ3n) is 7.14. The van der Waals surface area contributed by atoms with E-state index in [4.69, 9.17) is 14.8 Å². The molecule has 2 fully saturated rings. The van der Waals surface area contributed by atoms with Crippen molar-refractivity contribution in [2.24, 2.45) is 5.92 Å². The highest BCUT2D eigenvalue weighted by Gasteiger charge is 2.29. The fourth-order valence-corrected chi connectivity index (χ4v) is 5.05. The van der Waals surface area contributed by atoms with Gasteiger partial charge in [0.2, 0.25) is 0 Å². The van der Waals surface area contributed by atoms with Crippen LogP contribution in [-0.4, -0.2) is 37.2 Å². The number of anilines is 1. The minimum absolute atomic E-state index is 0.241. The molecule has 4 heterocycles. The van der Waals surface area contributed by atoms with E-state index in [0.717, 1.165) is 29.6 Å². The van der Waals surface area contributed by atoms with Crippen molar-refractivity contribution in [3.8, 4) is 11.6 Å². The number of nitrogens with zero attached hydrogens (tertiary/aromatic N) is 5. The molecule has 2 aliphatic rings. The summed E-state index contributed by atoms with van der Waals surface area (Å²) in [6.45, 7) is 2.55. The quantitative estimate of drug-likeness (QED) is 0.368. The molecule has 0 radical (unpaired) electrons. The Morgan fingerprint density at radius 3 is 2.67 bits per heavy atom. The predicted molar refractivity (Wildman–Crippen MR) is 138 cm³/mol. The molecule has 36 heavy (non-hydrogen) atoms. The summed E-state index contributed by atoms with van der Waals surface area (Å²) in [6.07, 6.45) is 11.8. The lowest BCUT2D eigenvalue weighted by Crippen LogP contribution is -2.18. The number of fused-ring (bicyclic) bond motifs is 1. The topological polar surface area (TPSA) is 94.8 Å². The van der Waals surface area contributed by atoms with Crippen molar-refractivity contribution in [1.82, 2.24) is 24.7 Å². The molecule has 0 aliphatic heterocycles. The van der Waals surface area contributed by atoms with Gasteiger partial charge in [0.1, 0.15) is 0 Å². The zero-order valence-electron chi connectivity index (χ0n) is 20.5. The molecule has 2 saturated carbocycles. The van der Waals surface area contributed by atoms with Crippen molar-refractivity contribution in [3.63, 3.8) is 0 Å². The molecule has 8 nitrogen and oxygen atoms in total. The lowest BCUT2D eigenvalue weighted by Gasteiger charge is -2.22. The second-order valence-corrected chi connectivity index (χ2v) is 9.87. The number of ether oxygens (including phenoxy) is 1. The number of hydrogen-bond donors (Lipinski definition) is 1. The summed E-state index contributed by atoms with van der Waals surface area (Å²) in [7, 11) is 0. The van der Waals surface area contributed by atoms with Gasteiger partial charge in [-0.1, -0.05) is 25.3 Å². The number of carbonyl (C=O) groups excluding carboxylic acids is 1. The fourth-order valence-electron chi connectivity index (χ4n) is 5.05. The van der Waals surface area contributed by atoms with Crippen LogP contribution in [0.25, 0.3) is 16.9 Å².